The average Bonchev–Trinajstić information content (AvgIpc) is 2.91. The first-order valence-corrected chi connectivity index (χ1v) is 11.0. The summed E-state index contributed by atoms with van der Waals surface area (Å²) >= 11 is 0. The largest absolute Gasteiger partial charge is 0.434 e. The van der Waals surface area contributed by atoms with Crippen molar-refractivity contribution in [1.82, 2.24) is 14.5 Å². The molecule has 7 nitrogen and oxygen atoms in total. The molecule has 0 fully saturated rings. The molecule has 1 unspecified atom stereocenters. The maximum Gasteiger partial charge on any atom is 0.434 e. The number of nitrogens with zero attached hydrogens (tertiary/aromatic N) is 3. The molecule has 0 aromatic carbocycles. The summed E-state index contributed by atoms with van der Waals surface area (Å²) in [5, 5.41) is 0. The normalized spacial score (nSPS) is 18.7. The summed E-state index contributed by atoms with van der Waals surface area (Å²) < 4.78 is 108. The summed E-state index contributed by atoms with van der Waals surface area (Å²) in [7, 11) is -9.60. The smallest absolute Gasteiger partial charge is 0.334 e. The van der Waals surface area contributed by atoms with Gasteiger partial charge in [0.1, 0.15) is 5.82 Å². The number of aryl methyl sites for hydroxylation is 1. The van der Waals surface area contributed by atoms with Crippen LogP contribution in [0.3, 0.4) is 0 Å². The average molecular weight is 439 g/mol. The van der Waals surface area contributed by atoms with Crippen LogP contribution < -0.4 is 0 Å². The van der Waals surface area contributed by atoms with Crippen LogP contribution in [-0.2, 0) is 39.6 Å². The van der Waals surface area contributed by atoms with Gasteiger partial charge in [0, 0.05) is 38.8 Å². The SMILES string of the molecule is O=S(=O)(F)CCN(CCS(=O)(=O)F)CC1CCc2nc(C(F)(F)F)cn2C1. The highest BCUT2D eigenvalue weighted by atomic mass is 32.3. The van der Waals surface area contributed by atoms with E-state index in [1.54, 1.807) is 0 Å². The van der Waals surface area contributed by atoms with Gasteiger partial charge in [0.25, 0.3) is 0 Å². The van der Waals surface area contributed by atoms with Crippen molar-refractivity contribution >= 4 is 20.4 Å². The fourth-order valence-electron chi connectivity index (χ4n) is 2.94. The van der Waals surface area contributed by atoms with Crippen LogP contribution in [-0.4, -0.2) is 62.4 Å². The van der Waals surface area contributed by atoms with Gasteiger partial charge in [-0.05, 0) is 12.3 Å². The molecule has 1 aromatic rings. The quantitative estimate of drug-likeness (QED) is 0.449. The van der Waals surface area contributed by atoms with Crippen LogP contribution in [0.2, 0.25) is 0 Å². The van der Waals surface area contributed by atoms with Gasteiger partial charge in [0.2, 0.25) is 0 Å². The molecule has 1 aliphatic rings. The summed E-state index contributed by atoms with van der Waals surface area (Å²) in [6.07, 6.45) is -3.02. The lowest BCUT2D eigenvalue weighted by atomic mass is 9.99. The first kappa shape index (κ1) is 22.0. The minimum atomic E-state index is -4.80. The van der Waals surface area contributed by atoms with Gasteiger partial charge in [-0.15, -0.1) is 7.77 Å². The zero-order chi connectivity index (χ0) is 20.5. The molecule has 156 valence electrons. The van der Waals surface area contributed by atoms with Crippen LogP contribution in [0.1, 0.15) is 17.9 Å². The third kappa shape index (κ3) is 7.33. The molecule has 0 N–H and O–H groups in total. The lowest BCUT2D eigenvalue weighted by Crippen LogP contribution is -2.38. The van der Waals surface area contributed by atoms with E-state index >= 15 is 0 Å². The highest BCUT2D eigenvalue weighted by Gasteiger charge is 2.36. The van der Waals surface area contributed by atoms with Gasteiger partial charge in [-0.1, -0.05) is 0 Å². The van der Waals surface area contributed by atoms with Crippen molar-refractivity contribution in [2.24, 2.45) is 5.92 Å². The van der Waals surface area contributed by atoms with E-state index in [1.165, 1.54) is 9.47 Å². The number of imidazole rings is 1. The van der Waals surface area contributed by atoms with E-state index in [2.05, 4.69) is 4.98 Å². The molecule has 2 heterocycles. The molecule has 0 amide bonds. The summed E-state index contributed by atoms with van der Waals surface area (Å²) in [5.74, 6) is -1.76. The first-order valence-electron chi connectivity index (χ1n) is 7.93. The van der Waals surface area contributed by atoms with E-state index in [0.29, 0.717) is 6.42 Å². The Hall–Kier alpha value is -1.28. The molecule has 0 bridgehead atoms. The van der Waals surface area contributed by atoms with Crippen molar-refractivity contribution in [3.63, 3.8) is 0 Å². The molecular weight excluding hydrogens is 421 g/mol. The van der Waals surface area contributed by atoms with Crippen LogP contribution in [0, 0.1) is 5.92 Å². The van der Waals surface area contributed by atoms with Gasteiger partial charge < -0.3 is 9.47 Å². The van der Waals surface area contributed by atoms with E-state index < -0.39 is 43.8 Å². The molecule has 1 aromatic heterocycles. The number of alkyl halides is 3. The molecule has 0 radical (unpaired) electrons. The van der Waals surface area contributed by atoms with Crippen LogP contribution in [0.15, 0.2) is 6.20 Å². The fourth-order valence-corrected chi connectivity index (χ4v) is 3.89. The van der Waals surface area contributed by atoms with Gasteiger partial charge >= 0.3 is 26.6 Å². The Kier molecular flexibility index (Phi) is 6.52. The summed E-state index contributed by atoms with van der Waals surface area (Å²) in [6.45, 7) is -0.464. The van der Waals surface area contributed by atoms with Gasteiger partial charge in [-0.2, -0.15) is 30.0 Å². The fraction of sp³-hybridized carbons (Fsp3) is 0.769. The minimum Gasteiger partial charge on any atom is -0.334 e. The van der Waals surface area contributed by atoms with Gasteiger partial charge in [0.05, 0.1) is 11.5 Å². The Labute approximate surface area is 153 Å². The molecule has 0 aliphatic carbocycles. The number of aromatic nitrogens is 2. The van der Waals surface area contributed by atoms with Crippen molar-refractivity contribution in [2.45, 2.75) is 25.6 Å². The van der Waals surface area contributed by atoms with E-state index in [9.17, 15) is 37.8 Å². The zero-order valence-corrected chi connectivity index (χ0v) is 15.6. The second-order valence-corrected chi connectivity index (χ2v) is 9.36. The first-order chi connectivity index (χ1) is 12.2. The Morgan fingerprint density at radius 1 is 1.11 bits per heavy atom. The predicted molar refractivity (Wildman–Crippen MR) is 85.3 cm³/mol. The van der Waals surface area contributed by atoms with Gasteiger partial charge in [-0.3, -0.25) is 0 Å². The third-order valence-electron chi connectivity index (χ3n) is 4.20. The second-order valence-electron chi connectivity index (χ2n) is 6.38. The molecule has 0 saturated carbocycles. The van der Waals surface area contributed by atoms with Crippen molar-refractivity contribution in [3.8, 4) is 0 Å². The molecule has 0 saturated heterocycles. The standard InChI is InChI=1S/C13H18F5N3O4S2/c14-13(15,16)11-9-21-8-10(1-2-12(21)19-11)7-20(3-5-26(17,22)23)4-6-27(18,24)25/h9-10H,1-8H2. The highest BCUT2D eigenvalue weighted by Crippen LogP contribution is 2.30. The van der Waals surface area contributed by atoms with E-state index in [4.69, 9.17) is 0 Å². The van der Waals surface area contributed by atoms with E-state index in [0.717, 1.165) is 6.20 Å². The van der Waals surface area contributed by atoms with Crippen molar-refractivity contribution < 1.29 is 37.8 Å². The Bertz CT molecular complexity index is 831. The minimum absolute atomic E-state index is 0.0873. The molecule has 14 heteroatoms. The van der Waals surface area contributed by atoms with Crippen molar-refractivity contribution in [3.05, 3.63) is 17.7 Å². The van der Waals surface area contributed by atoms with Crippen LogP contribution >= 0.6 is 0 Å². The van der Waals surface area contributed by atoms with E-state index in [-0.39, 0.29) is 44.3 Å². The monoisotopic (exact) mass is 439 g/mol. The summed E-state index contributed by atoms with van der Waals surface area (Å²) in [4.78, 5) is 4.82. The highest BCUT2D eigenvalue weighted by molar-refractivity contribution is 7.86. The van der Waals surface area contributed by atoms with Crippen LogP contribution in [0.5, 0.6) is 0 Å². The molecule has 2 rings (SSSR count). The Morgan fingerprint density at radius 3 is 2.15 bits per heavy atom. The number of rotatable bonds is 8. The zero-order valence-electron chi connectivity index (χ0n) is 14.0. The molecule has 1 aliphatic heterocycles. The van der Waals surface area contributed by atoms with Crippen molar-refractivity contribution in [2.75, 3.05) is 31.1 Å². The lowest BCUT2D eigenvalue weighted by molar-refractivity contribution is -0.141. The molecule has 27 heavy (non-hydrogen) atoms. The van der Waals surface area contributed by atoms with Gasteiger partial charge in [-0.25, -0.2) is 4.98 Å². The van der Waals surface area contributed by atoms with Gasteiger partial charge in [0.15, 0.2) is 5.69 Å². The number of hydrogen-bond donors (Lipinski definition) is 0. The Morgan fingerprint density at radius 2 is 1.67 bits per heavy atom. The van der Waals surface area contributed by atoms with Crippen LogP contribution in [0.25, 0.3) is 0 Å². The maximum absolute atomic E-state index is 12.7. The lowest BCUT2D eigenvalue weighted by Gasteiger charge is -2.29. The summed E-state index contributed by atoms with van der Waals surface area (Å²) in [5.41, 5.74) is -1.01. The Balaban J connectivity index is 2.04. The summed E-state index contributed by atoms with van der Waals surface area (Å²) in [6, 6.07) is 0. The third-order valence-corrected chi connectivity index (χ3v) is 5.54. The predicted octanol–water partition coefficient (Wildman–Crippen LogP) is 1.36. The molecule has 1 atom stereocenters. The van der Waals surface area contributed by atoms with Crippen molar-refractivity contribution in [1.29, 1.82) is 0 Å². The molecule has 0 spiro atoms. The second kappa shape index (κ2) is 7.99. The number of fused-ring (bicyclic) bond motifs is 1. The van der Waals surface area contributed by atoms with E-state index in [1.807, 2.05) is 0 Å². The molecular formula is C13H18F5N3O4S2. The van der Waals surface area contributed by atoms with Crippen LogP contribution in [0.4, 0.5) is 20.9 Å². The topological polar surface area (TPSA) is 89.3 Å². The number of halogens is 5. The number of hydrogen-bond acceptors (Lipinski definition) is 6. The maximum atomic E-state index is 12.7.